The van der Waals surface area contributed by atoms with Gasteiger partial charge in [-0.1, -0.05) is 0 Å². The van der Waals surface area contributed by atoms with E-state index in [9.17, 15) is 18.8 Å². The highest BCUT2D eigenvalue weighted by atomic mass is 19.1. The molecule has 0 saturated heterocycles. The van der Waals surface area contributed by atoms with Crippen molar-refractivity contribution >= 4 is 23.5 Å². The Bertz CT molecular complexity index is 656. The van der Waals surface area contributed by atoms with E-state index in [1.807, 2.05) is 0 Å². The lowest BCUT2D eigenvalue weighted by Crippen LogP contribution is -2.34. The molecule has 1 aliphatic rings. The maximum Gasteiger partial charge on any atom is 0.335 e. The van der Waals surface area contributed by atoms with Crippen molar-refractivity contribution in [2.24, 2.45) is 0 Å². The summed E-state index contributed by atoms with van der Waals surface area (Å²) in [6.07, 6.45) is 0.963. The zero-order valence-electron chi connectivity index (χ0n) is 10.7. The van der Waals surface area contributed by atoms with Crippen LogP contribution in [0.2, 0.25) is 0 Å². The van der Waals surface area contributed by atoms with Crippen LogP contribution in [0.4, 0.5) is 10.1 Å². The maximum atomic E-state index is 13.6. The first-order valence-electron chi connectivity index (χ1n) is 5.92. The highest BCUT2D eigenvalue weighted by Crippen LogP contribution is 2.21. The van der Waals surface area contributed by atoms with Crippen molar-refractivity contribution in [2.75, 3.05) is 18.5 Å². The first-order valence-corrected chi connectivity index (χ1v) is 5.92. The number of nitrogens with one attached hydrogen (secondary N) is 1. The number of hydrogen-bond acceptors (Lipinski definition) is 5. The number of aliphatic hydroxyl groups is 1. The quantitative estimate of drug-likeness (QED) is 0.669. The number of amides is 2. The summed E-state index contributed by atoms with van der Waals surface area (Å²) in [5.74, 6) is -3.36. The van der Waals surface area contributed by atoms with Gasteiger partial charge in [0.05, 0.1) is 24.4 Å². The van der Waals surface area contributed by atoms with Crippen molar-refractivity contribution in [2.45, 2.75) is 0 Å². The van der Waals surface area contributed by atoms with Gasteiger partial charge in [-0.05, 0) is 18.2 Å². The third kappa shape index (κ3) is 2.90. The van der Waals surface area contributed by atoms with Crippen molar-refractivity contribution in [1.82, 2.24) is 4.90 Å². The number of carbonyl (C=O) groups excluding carboxylic acids is 2. The van der Waals surface area contributed by atoms with Gasteiger partial charge in [-0.25, -0.2) is 9.18 Å². The molecule has 1 aliphatic heterocycles. The van der Waals surface area contributed by atoms with Crippen LogP contribution in [0.5, 0.6) is 0 Å². The van der Waals surface area contributed by atoms with E-state index in [1.54, 1.807) is 0 Å². The number of anilines is 1. The number of rotatable bonds is 5. The first kappa shape index (κ1) is 14.7. The number of β-amino-alcohol motifs (C(OH)–C–C–N with tert-alkyl or cyclic N) is 1. The van der Waals surface area contributed by atoms with E-state index in [1.165, 1.54) is 0 Å². The Morgan fingerprint density at radius 2 is 2.05 bits per heavy atom. The number of carboxylic acid groups (broad SMARTS) is 1. The molecule has 0 radical (unpaired) electrons. The fourth-order valence-electron chi connectivity index (χ4n) is 1.81. The standard InChI is InChI=1S/C13H11FN2O5/c14-8-2-1-7(13(20)21)5-9(8)15-10-6-11(18)16(3-4-17)12(10)19/h1-2,5-6,15,17H,3-4H2,(H,20,21). The van der Waals surface area contributed by atoms with Gasteiger partial charge in [0.15, 0.2) is 0 Å². The normalized spacial score (nSPS) is 14.4. The number of nitrogens with zero attached hydrogens (tertiary/aromatic N) is 1. The topological polar surface area (TPSA) is 107 Å². The fourth-order valence-corrected chi connectivity index (χ4v) is 1.81. The molecule has 1 aromatic carbocycles. The van der Waals surface area contributed by atoms with E-state index in [0.29, 0.717) is 0 Å². The minimum Gasteiger partial charge on any atom is -0.478 e. The van der Waals surface area contributed by atoms with Gasteiger partial charge in [0.25, 0.3) is 11.8 Å². The zero-order chi connectivity index (χ0) is 15.6. The van der Waals surface area contributed by atoms with Gasteiger partial charge in [0.1, 0.15) is 11.5 Å². The van der Waals surface area contributed by atoms with Crippen LogP contribution >= 0.6 is 0 Å². The van der Waals surface area contributed by atoms with Crippen LogP contribution in [0, 0.1) is 5.82 Å². The second-order valence-corrected chi connectivity index (χ2v) is 4.20. The predicted molar refractivity (Wildman–Crippen MR) is 68.9 cm³/mol. The van der Waals surface area contributed by atoms with Gasteiger partial charge < -0.3 is 15.5 Å². The first-order chi connectivity index (χ1) is 9.93. The van der Waals surface area contributed by atoms with Crippen molar-refractivity contribution < 1.29 is 29.0 Å². The summed E-state index contributed by atoms with van der Waals surface area (Å²) in [7, 11) is 0. The number of hydrogen-bond donors (Lipinski definition) is 3. The summed E-state index contributed by atoms with van der Waals surface area (Å²) < 4.78 is 13.6. The molecule has 7 nitrogen and oxygen atoms in total. The van der Waals surface area contributed by atoms with Gasteiger partial charge in [-0.2, -0.15) is 0 Å². The molecule has 2 amide bonds. The molecule has 0 atom stereocenters. The Morgan fingerprint density at radius 3 is 2.67 bits per heavy atom. The number of benzene rings is 1. The van der Waals surface area contributed by atoms with Gasteiger partial charge in [0.2, 0.25) is 0 Å². The molecular weight excluding hydrogens is 283 g/mol. The van der Waals surface area contributed by atoms with Gasteiger partial charge in [-0.15, -0.1) is 0 Å². The van der Waals surface area contributed by atoms with Crippen molar-refractivity contribution in [1.29, 1.82) is 0 Å². The Labute approximate surface area is 118 Å². The summed E-state index contributed by atoms with van der Waals surface area (Å²) in [6, 6.07) is 3.04. The Kier molecular flexibility index (Phi) is 3.99. The Balaban J connectivity index is 2.25. The monoisotopic (exact) mass is 294 g/mol. The zero-order valence-corrected chi connectivity index (χ0v) is 10.7. The highest BCUT2D eigenvalue weighted by molar-refractivity contribution is 6.17. The summed E-state index contributed by atoms with van der Waals surface area (Å²) in [5.41, 5.74) is -0.577. The third-order valence-corrected chi connectivity index (χ3v) is 2.82. The predicted octanol–water partition coefficient (Wildman–Crippen LogP) is 0.181. The smallest absolute Gasteiger partial charge is 0.335 e. The second kappa shape index (κ2) is 5.71. The number of aliphatic hydroxyl groups excluding tert-OH is 1. The molecule has 21 heavy (non-hydrogen) atoms. The molecule has 0 aromatic heterocycles. The van der Waals surface area contributed by atoms with Crippen LogP contribution in [0.3, 0.4) is 0 Å². The van der Waals surface area contributed by atoms with E-state index in [0.717, 1.165) is 29.2 Å². The summed E-state index contributed by atoms with van der Waals surface area (Å²) in [6.45, 7) is -0.557. The molecular formula is C13H11FN2O5. The number of imide groups is 1. The second-order valence-electron chi connectivity index (χ2n) is 4.20. The number of aromatic carboxylic acids is 1. The van der Waals surface area contributed by atoms with Gasteiger partial charge in [0, 0.05) is 6.08 Å². The van der Waals surface area contributed by atoms with E-state index >= 15 is 0 Å². The number of carbonyl (C=O) groups is 3. The molecule has 0 unspecified atom stereocenters. The van der Waals surface area contributed by atoms with Crippen LogP contribution in [0.15, 0.2) is 30.0 Å². The number of carboxylic acids is 1. The minimum atomic E-state index is -1.25. The van der Waals surface area contributed by atoms with Crippen LogP contribution in [0.1, 0.15) is 10.4 Å². The number of halogens is 1. The lowest BCUT2D eigenvalue weighted by atomic mass is 10.2. The van der Waals surface area contributed by atoms with Crippen LogP contribution in [0.25, 0.3) is 0 Å². The molecule has 0 bridgehead atoms. The molecule has 3 N–H and O–H groups in total. The molecule has 110 valence electrons. The van der Waals surface area contributed by atoms with E-state index in [-0.39, 0.29) is 30.1 Å². The van der Waals surface area contributed by atoms with Gasteiger partial charge in [-0.3, -0.25) is 14.5 Å². The molecule has 1 aromatic rings. The van der Waals surface area contributed by atoms with Gasteiger partial charge >= 0.3 is 5.97 Å². The maximum absolute atomic E-state index is 13.6. The van der Waals surface area contributed by atoms with Crippen molar-refractivity contribution in [3.05, 3.63) is 41.4 Å². The third-order valence-electron chi connectivity index (χ3n) is 2.82. The molecule has 0 spiro atoms. The molecule has 0 saturated carbocycles. The molecule has 1 heterocycles. The van der Waals surface area contributed by atoms with Crippen LogP contribution in [-0.4, -0.2) is 46.0 Å². The molecule has 0 aliphatic carbocycles. The summed E-state index contributed by atoms with van der Waals surface area (Å²) >= 11 is 0. The highest BCUT2D eigenvalue weighted by Gasteiger charge is 2.31. The lowest BCUT2D eigenvalue weighted by molar-refractivity contribution is -0.137. The van der Waals surface area contributed by atoms with Crippen molar-refractivity contribution in [3.63, 3.8) is 0 Å². The molecule has 8 heteroatoms. The van der Waals surface area contributed by atoms with E-state index < -0.39 is 23.6 Å². The SMILES string of the molecule is O=C(O)c1ccc(F)c(NC2=CC(=O)N(CCO)C2=O)c1. The van der Waals surface area contributed by atoms with E-state index in [4.69, 9.17) is 10.2 Å². The average molecular weight is 294 g/mol. The Hall–Kier alpha value is -2.74. The minimum absolute atomic E-state index is 0.163. The largest absolute Gasteiger partial charge is 0.478 e. The summed E-state index contributed by atoms with van der Waals surface area (Å²) in [4.78, 5) is 35.0. The summed E-state index contributed by atoms with van der Waals surface area (Å²) in [5, 5.41) is 20.0. The Morgan fingerprint density at radius 1 is 1.33 bits per heavy atom. The van der Waals surface area contributed by atoms with E-state index in [2.05, 4.69) is 5.32 Å². The fraction of sp³-hybridized carbons (Fsp3) is 0.154. The van der Waals surface area contributed by atoms with Crippen LogP contribution in [-0.2, 0) is 9.59 Å². The van der Waals surface area contributed by atoms with Crippen LogP contribution < -0.4 is 5.32 Å². The molecule has 0 fully saturated rings. The average Bonchev–Trinajstić information content (AvgIpc) is 2.69. The lowest BCUT2D eigenvalue weighted by Gasteiger charge is -2.13. The van der Waals surface area contributed by atoms with Crippen molar-refractivity contribution in [3.8, 4) is 0 Å². The molecule has 2 rings (SSSR count).